The van der Waals surface area contributed by atoms with Crippen LogP contribution in [-0.2, 0) is 5.60 Å². The first-order chi connectivity index (χ1) is 10.1. The molecule has 0 bridgehead atoms. The number of fused-ring (bicyclic) bond motifs is 1. The highest BCUT2D eigenvalue weighted by atomic mass is 16.3. The lowest BCUT2D eigenvalue weighted by molar-refractivity contribution is 0.148. The van der Waals surface area contributed by atoms with Crippen molar-refractivity contribution in [3.05, 3.63) is 65.8 Å². The standard InChI is InChI=1S/C20H22O/c1-5-10-18-16(7-3)17-11-8-9-12-19(17)20(18,21)14-13-15(4)6-2/h5,7-12,15,21H,3,6H2,1-2,4H3/b10-5-. The number of benzene rings is 1. The zero-order valence-corrected chi connectivity index (χ0v) is 13.0. The van der Waals surface area contributed by atoms with Crippen LogP contribution < -0.4 is 0 Å². The molecular formula is C20H22O. The van der Waals surface area contributed by atoms with E-state index >= 15 is 0 Å². The molecule has 1 aromatic rings. The van der Waals surface area contributed by atoms with Crippen LogP contribution in [0.4, 0.5) is 0 Å². The van der Waals surface area contributed by atoms with E-state index < -0.39 is 5.60 Å². The molecule has 108 valence electrons. The van der Waals surface area contributed by atoms with Gasteiger partial charge >= 0.3 is 0 Å². The summed E-state index contributed by atoms with van der Waals surface area (Å²) in [5, 5.41) is 11.2. The molecule has 2 atom stereocenters. The van der Waals surface area contributed by atoms with Gasteiger partial charge in [-0.25, -0.2) is 0 Å². The summed E-state index contributed by atoms with van der Waals surface area (Å²) in [5.41, 5.74) is 2.41. The molecule has 1 aliphatic rings. The second kappa shape index (κ2) is 6.16. The van der Waals surface area contributed by atoms with Crippen molar-refractivity contribution in [3.8, 4) is 11.8 Å². The van der Waals surface area contributed by atoms with Crippen LogP contribution in [0.5, 0.6) is 0 Å². The Hall–Kier alpha value is -2.04. The SMILES string of the molecule is C=CC1=C(/C=C\C)C(O)(C#CC(C)CC)c2ccccc21. The summed E-state index contributed by atoms with van der Waals surface area (Å²) in [5.74, 6) is 6.56. The zero-order chi connectivity index (χ0) is 15.5. The second-order valence-corrected chi connectivity index (χ2v) is 5.37. The zero-order valence-electron chi connectivity index (χ0n) is 13.0. The Labute approximate surface area is 127 Å². The summed E-state index contributed by atoms with van der Waals surface area (Å²) in [7, 11) is 0. The first-order valence-corrected chi connectivity index (χ1v) is 7.43. The molecule has 0 heterocycles. The fourth-order valence-electron chi connectivity index (χ4n) is 2.58. The quantitative estimate of drug-likeness (QED) is 0.810. The molecule has 1 aliphatic carbocycles. The summed E-state index contributed by atoms with van der Waals surface area (Å²) in [4.78, 5) is 0. The smallest absolute Gasteiger partial charge is 0.178 e. The van der Waals surface area contributed by atoms with Gasteiger partial charge in [0.05, 0.1) is 0 Å². The van der Waals surface area contributed by atoms with E-state index in [4.69, 9.17) is 0 Å². The Morgan fingerprint density at radius 3 is 2.71 bits per heavy atom. The molecule has 1 heteroatoms. The molecule has 1 nitrogen and oxygen atoms in total. The van der Waals surface area contributed by atoms with E-state index in [1.54, 1.807) is 6.08 Å². The highest BCUT2D eigenvalue weighted by Crippen LogP contribution is 2.45. The average Bonchev–Trinajstić information content (AvgIpc) is 2.75. The first kappa shape index (κ1) is 15.4. The van der Waals surface area contributed by atoms with E-state index in [1.165, 1.54) is 0 Å². The van der Waals surface area contributed by atoms with Crippen LogP contribution in [0.1, 0.15) is 38.3 Å². The van der Waals surface area contributed by atoms with Crippen molar-refractivity contribution in [2.75, 3.05) is 0 Å². The van der Waals surface area contributed by atoms with Gasteiger partial charge in [-0.2, -0.15) is 0 Å². The molecule has 21 heavy (non-hydrogen) atoms. The molecule has 1 N–H and O–H groups in total. The van der Waals surface area contributed by atoms with E-state index in [1.807, 2.05) is 43.3 Å². The maximum Gasteiger partial charge on any atom is 0.178 e. The minimum absolute atomic E-state index is 0.265. The fraction of sp³-hybridized carbons (Fsp3) is 0.300. The van der Waals surface area contributed by atoms with Crippen LogP contribution >= 0.6 is 0 Å². The third kappa shape index (κ3) is 2.60. The fourth-order valence-corrected chi connectivity index (χ4v) is 2.58. The van der Waals surface area contributed by atoms with Gasteiger partial charge in [0.2, 0.25) is 0 Å². The summed E-state index contributed by atoms with van der Waals surface area (Å²) < 4.78 is 0. The molecule has 0 fully saturated rings. The monoisotopic (exact) mass is 278 g/mol. The van der Waals surface area contributed by atoms with Gasteiger partial charge in [-0.3, -0.25) is 0 Å². The van der Waals surface area contributed by atoms with Crippen LogP contribution in [0.2, 0.25) is 0 Å². The van der Waals surface area contributed by atoms with Gasteiger partial charge in [0.15, 0.2) is 5.60 Å². The Bertz CT molecular complexity index is 667. The lowest BCUT2D eigenvalue weighted by Gasteiger charge is -2.20. The Morgan fingerprint density at radius 2 is 2.10 bits per heavy atom. The summed E-state index contributed by atoms with van der Waals surface area (Å²) in [6, 6.07) is 7.87. The minimum Gasteiger partial charge on any atom is -0.369 e. The van der Waals surface area contributed by atoms with Gasteiger partial charge < -0.3 is 5.11 Å². The molecule has 0 amide bonds. The Balaban J connectivity index is 2.68. The normalized spacial score (nSPS) is 21.9. The molecular weight excluding hydrogens is 256 g/mol. The summed E-state index contributed by atoms with van der Waals surface area (Å²) >= 11 is 0. The van der Waals surface area contributed by atoms with Crippen molar-refractivity contribution >= 4 is 5.57 Å². The van der Waals surface area contributed by atoms with Crippen molar-refractivity contribution in [2.45, 2.75) is 32.8 Å². The lowest BCUT2D eigenvalue weighted by atomic mass is 9.89. The van der Waals surface area contributed by atoms with Gasteiger partial charge in [0.25, 0.3) is 0 Å². The molecule has 0 aliphatic heterocycles. The van der Waals surface area contributed by atoms with Crippen molar-refractivity contribution < 1.29 is 5.11 Å². The van der Waals surface area contributed by atoms with Crippen LogP contribution in [0.3, 0.4) is 0 Å². The van der Waals surface area contributed by atoms with Crippen LogP contribution in [-0.4, -0.2) is 5.11 Å². The Morgan fingerprint density at radius 1 is 1.38 bits per heavy atom. The Kier molecular flexibility index (Phi) is 4.50. The van der Waals surface area contributed by atoms with E-state index in [2.05, 4.69) is 32.3 Å². The van der Waals surface area contributed by atoms with Crippen LogP contribution in [0, 0.1) is 17.8 Å². The number of hydrogen-bond donors (Lipinski definition) is 1. The number of hydrogen-bond acceptors (Lipinski definition) is 1. The van der Waals surface area contributed by atoms with Gasteiger partial charge in [-0.15, -0.1) is 0 Å². The van der Waals surface area contributed by atoms with Crippen LogP contribution in [0.15, 0.2) is 54.6 Å². The van der Waals surface area contributed by atoms with E-state index in [0.717, 1.165) is 28.7 Å². The largest absolute Gasteiger partial charge is 0.369 e. The predicted molar refractivity (Wildman–Crippen MR) is 89.5 cm³/mol. The number of allylic oxidation sites excluding steroid dienone is 3. The summed E-state index contributed by atoms with van der Waals surface area (Å²) in [6.45, 7) is 10.0. The van der Waals surface area contributed by atoms with E-state index in [0.29, 0.717) is 0 Å². The molecule has 1 aromatic carbocycles. The van der Waals surface area contributed by atoms with Gasteiger partial charge in [0.1, 0.15) is 0 Å². The molecule has 0 radical (unpaired) electrons. The van der Waals surface area contributed by atoms with Gasteiger partial charge in [-0.1, -0.05) is 74.8 Å². The molecule has 2 rings (SSSR count). The van der Waals surface area contributed by atoms with Gasteiger partial charge in [0, 0.05) is 17.1 Å². The maximum atomic E-state index is 11.2. The third-order valence-corrected chi connectivity index (χ3v) is 3.94. The van der Waals surface area contributed by atoms with E-state index in [9.17, 15) is 5.11 Å². The molecule has 0 saturated carbocycles. The molecule has 0 saturated heterocycles. The van der Waals surface area contributed by atoms with Crippen molar-refractivity contribution in [2.24, 2.45) is 5.92 Å². The van der Waals surface area contributed by atoms with Crippen molar-refractivity contribution in [1.82, 2.24) is 0 Å². The highest BCUT2D eigenvalue weighted by Gasteiger charge is 2.40. The topological polar surface area (TPSA) is 20.2 Å². The van der Waals surface area contributed by atoms with Crippen LogP contribution in [0.25, 0.3) is 5.57 Å². The average molecular weight is 278 g/mol. The first-order valence-electron chi connectivity index (χ1n) is 7.43. The van der Waals surface area contributed by atoms with Crippen molar-refractivity contribution in [3.63, 3.8) is 0 Å². The highest BCUT2D eigenvalue weighted by molar-refractivity contribution is 5.88. The minimum atomic E-state index is -1.24. The van der Waals surface area contributed by atoms with Crippen molar-refractivity contribution in [1.29, 1.82) is 0 Å². The second-order valence-electron chi connectivity index (χ2n) is 5.37. The number of aliphatic hydroxyl groups is 1. The van der Waals surface area contributed by atoms with E-state index in [-0.39, 0.29) is 5.92 Å². The van der Waals surface area contributed by atoms with Gasteiger partial charge in [-0.05, 0) is 24.5 Å². The maximum absolute atomic E-state index is 11.2. The molecule has 2 unspecified atom stereocenters. The lowest BCUT2D eigenvalue weighted by Crippen LogP contribution is -2.23. The molecule has 0 spiro atoms. The molecule has 0 aromatic heterocycles. The summed E-state index contributed by atoms with van der Waals surface area (Å²) in [6.07, 6.45) is 6.64. The number of rotatable bonds is 3. The third-order valence-electron chi connectivity index (χ3n) is 3.94. The predicted octanol–water partition coefficient (Wildman–Crippen LogP) is 4.45.